The summed E-state index contributed by atoms with van der Waals surface area (Å²) in [5.74, 6) is -0.450. The molecule has 0 aliphatic carbocycles. The topological polar surface area (TPSA) is 58.6 Å². The number of carbonyl (C=O) groups excluding carboxylic acids is 1. The van der Waals surface area contributed by atoms with Gasteiger partial charge in [0, 0.05) is 13.1 Å². The van der Waals surface area contributed by atoms with Gasteiger partial charge in [-0.1, -0.05) is 38.0 Å². The van der Waals surface area contributed by atoms with Crippen LogP contribution in [0.2, 0.25) is 0 Å². The third-order valence-corrected chi connectivity index (χ3v) is 4.89. The molecule has 0 unspecified atom stereocenters. The molecule has 1 rings (SSSR count). The third-order valence-electron chi connectivity index (χ3n) is 3.67. The molecule has 0 fully saturated rings. The van der Waals surface area contributed by atoms with Crippen molar-refractivity contribution in [1.82, 2.24) is 9.79 Å². The molecule has 6 heteroatoms. The zero-order valence-corrected chi connectivity index (χ0v) is 14.8. The lowest BCUT2D eigenvalue weighted by Crippen LogP contribution is -2.44. The molecule has 1 aromatic carbocycles. The first-order valence-electron chi connectivity index (χ1n) is 7.47. The molecule has 0 aromatic heterocycles. The monoisotopic (exact) mass is 326 g/mol. The molecule has 1 N–H and O–H groups in total. The van der Waals surface area contributed by atoms with Crippen molar-refractivity contribution in [3.05, 3.63) is 29.8 Å². The number of rotatable bonds is 8. The molecular formula is C16H26N2O3S. The number of nitrogens with zero attached hydrogens (tertiary/aromatic N) is 1. The summed E-state index contributed by atoms with van der Waals surface area (Å²) in [5, 5.41) is 1.21. The number of aryl methyl sites for hydroxylation is 1. The highest BCUT2D eigenvalue weighted by molar-refractivity contribution is 7.83. The second kappa shape index (κ2) is 9.02. The first-order valence-corrected chi connectivity index (χ1v) is 8.62. The molecule has 0 heterocycles. The van der Waals surface area contributed by atoms with Crippen LogP contribution in [0.4, 0.5) is 0 Å². The molecular weight excluding hydrogens is 300 g/mol. The lowest BCUT2D eigenvalue weighted by molar-refractivity contribution is -0.173. The summed E-state index contributed by atoms with van der Waals surface area (Å²) < 4.78 is 15.5. The molecule has 1 amide bonds. The van der Waals surface area contributed by atoms with Crippen LogP contribution in [0.3, 0.4) is 0 Å². The first kappa shape index (κ1) is 18.8. The number of nitrogens with one attached hydrogen (secondary N) is 1. The van der Waals surface area contributed by atoms with Crippen LogP contribution in [0.25, 0.3) is 0 Å². The van der Waals surface area contributed by atoms with E-state index >= 15 is 0 Å². The Balaban J connectivity index is 2.80. The summed E-state index contributed by atoms with van der Waals surface area (Å²) in [6.45, 7) is 5.86. The third kappa shape index (κ3) is 5.19. The summed E-state index contributed by atoms with van der Waals surface area (Å²) >= 11 is 0. The number of amides is 1. The standard InChI is InChI=1S/C16H26N2O3S/c1-6-7-15(13(3)16(19)18(4)21-5)17-22(20)14-10-8-12(2)9-11-14/h8-11,13,15,17H,6-7H2,1-5H3/t13-,15-,22-/m0/s1. The normalized spacial score (nSPS) is 15.1. The van der Waals surface area contributed by atoms with Crippen LogP contribution in [0.5, 0.6) is 0 Å². The van der Waals surface area contributed by atoms with Crippen molar-refractivity contribution < 1.29 is 13.8 Å². The summed E-state index contributed by atoms with van der Waals surface area (Å²) in [6, 6.07) is 7.37. The molecule has 0 saturated carbocycles. The lowest BCUT2D eigenvalue weighted by atomic mass is 9.98. The van der Waals surface area contributed by atoms with Crippen LogP contribution < -0.4 is 4.72 Å². The highest BCUT2D eigenvalue weighted by Gasteiger charge is 2.27. The van der Waals surface area contributed by atoms with Gasteiger partial charge in [-0.3, -0.25) is 9.63 Å². The predicted molar refractivity (Wildman–Crippen MR) is 88.4 cm³/mol. The molecule has 0 aliphatic heterocycles. The van der Waals surface area contributed by atoms with Crippen LogP contribution in [0.15, 0.2) is 29.2 Å². The minimum absolute atomic E-state index is 0.130. The zero-order chi connectivity index (χ0) is 16.7. The van der Waals surface area contributed by atoms with Gasteiger partial charge in [-0.05, 0) is 25.5 Å². The van der Waals surface area contributed by atoms with E-state index in [1.165, 1.54) is 12.2 Å². The Hall–Kier alpha value is -1.24. The number of hydroxylamine groups is 2. The van der Waals surface area contributed by atoms with Crippen LogP contribution in [-0.2, 0) is 20.6 Å². The average Bonchev–Trinajstić information content (AvgIpc) is 2.52. The van der Waals surface area contributed by atoms with E-state index in [4.69, 9.17) is 4.84 Å². The first-order chi connectivity index (χ1) is 10.4. The average molecular weight is 326 g/mol. The summed E-state index contributed by atoms with van der Waals surface area (Å²) in [6.07, 6.45) is 1.67. The Morgan fingerprint density at radius 2 is 1.95 bits per heavy atom. The van der Waals surface area contributed by atoms with E-state index in [2.05, 4.69) is 4.72 Å². The molecule has 0 aliphatic rings. The number of carbonyl (C=O) groups is 1. The van der Waals surface area contributed by atoms with Crippen molar-refractivity contribution in [3.8, 4) is 0 Å². The van der Waals surface area contributed by atoms with Gasteiger partial charge in [0.05, 0.1) is 17.9 Å². The fraction of sp³-hybridized carbons (Fsp3) is 0.562. The van der Waals surface area contributed by atoms with Crippen LogP contribution in [0.1, 0.15) is 32.3 Å². The maximum atomic E-state index is 12.5. The van der Waals surface area contributed by atoms with E-state index in [1.54, 1.807) is 7.05 Å². The fourth-order valence-corrected chi connectivity index (χ4v) is 3.25. The Kier molecular flexibility index (Phi) is 7.72. The van der Waals surface area contributed by atoms with Crippen LogP contribution in [0, 0.1) is 12.8 Å². The highest BCUT2D eigenvalue weighted by Crippen LogP contribution is 2.15. The van der Waals surface area contributed by atoms with E-state index < -0.39 is 11.0 Å². The number of hydrogen-bond acceptors (Lipinski definition) is 3. The van der Waals surface area contributed by atoms with Gasteiger partial charge in [0.25, 0.3) is 0 Å². The second-order valence-corrected chi connectivity index (χ2v) is 6.65. The van der Waals surface area contributed by atoms with E-state index in [1.807, 2.05) is 45.0 Å². The fourth-order valence-electron chi connectivity index (χ4n) is 2.14. The SMILES string of the molecule is CCC[C@H](N[S@@](=O)c1ccc(C)cc1)[C@H](C)C(=O)N(C)OC. The smallest absolute Gasteiger partial charge is 0.250 e. The Bertz CT molecular complexity index is 505. The molecule has 3 atom stereocenters. The van der Waals surface area contributed by atoms with Gasteiger partial charge in [0.2, 0.25) is 5.91 Å². The molecule has 0 bridgehead atoms. The summed E-state index contributed by atoms with van der Waals surface area (Å²) in [4.78, 5) is 17.9. The van der Waals surface area contributed by atoms with Gasteiger partial charge in [-0.15, -0.1) is 0 Å². The van der Waals surface area contributed by atoms with E-state index in [0.717, 1.165) is 18.4 Å². The quantitative estimate of drug-likeness (QED) is 0.747. The Morgan fingerprint density at radius 1 is 1.36 bits per heavy atom. The van der Waals surface area contributed by atoms with Crippen molar-refractivity contribution >= 4 is 16.9 Å². The highest BCUT2D eigenvalue weighted by atomic mass is 32.2. The summed E-state index contributed by atoms with van der Waals surface area (Å²) in [5.41, 5.74) is 1.12. The Morgan fingerprint density at radius 3 is 2.45 bits per heavy atom. The zero-order valence-electron chi connectivity index (χ0n) is 14.0. The number of hydrogen-bond donors (Lipinski definition) is 1. The molecule has 0 saturated heterocycles. The molecule has 22 heavy (non-hydrogen) atoms. The number of benzene rings is 1. The molecule has 1 aromatic rings. The maximum absolute atomic E-state index is 12.5. The van der Waals surface area contributed by atoms with Gasteiger partial charge in [-0.25, -0.2) is 14.0 Å². The lowest BCUT2D eigenvalue weighted by Gasteiger charge is -2.26. The minimum Gasteiger partial charge on any atom is -0.275 e. The van der Waals surface area contributed by atoms with Gasteiger partial charge < -0.3 is 0 Å². The van der Waals surface area contributed by atoms with Crippen molar-refractivity contribution in [2.24, 2.45) is 5.92 Å². The second-order valence-electron chi connectivity index (χ2n) is 5.40. The van der Waals surface area contributed by atoms with E-state index in [9.17, 15) is 9.00 Å². The van der Waals surface area contributed by atoms with Gasteiger partial charge in [0.15, 0.2) is 0 Å². The molecule has 0 spiro atoms. The van der Waals surface area contributed by atoms with E-state index in [-0.39, 0.29) is 17.9 Å². The van der Waals surface area contributed by atoms with Crippen molar-refractivity contribution in [3.63, 3.8) is 0 Å². The molecule has 124 valence electrons. The van der Waals surface area contributed by atoms with Gasteiger partial charge in [0.1, 0.15) is 11.0 Å². The Labute approximate surface area is 135 Å². The van der Waals surface area contributed by atoms with Crippen LogP contribution in [-0.4, -0.2) is 35.4 Å². The largest absolute Gasteiger partial charge is 0.275 e. The minimum atomic E-state index is -1.34. The van der Waals surface area contributed by atoms with Gasteiger partial charge >= 0.3 is 0 Å². The molecule has 0 radical (unpaired) electrons. The van der Waals surface area contributed by atoms with Crippen molar-refractivity contribution in [1.29, 1.82) is 0 Å². The maximum Gasteiger partial charge on any atom is 0.250 e. The van der Waals surface area contributed by atoms with Crippen molar-refractivity contribution in [2.45, 2.75) is 44.6 Å². The van der Waals surface area contributed by atoms with E-state index in [0.29, 0.717) is 4.90 Å². The molecule has 5 nitrogen and oxygen atoms in total. The predicted octanol–water partition coefficient (Wildman–Crippen LogP) is 2.43. The van der Waals surface area contributed by atoms with Crippen LogP contribution >= 0.6 is 0 Å². The summed E-state index contributed by atoms with van der Waals surface area (Å²) in [7, 11) is 1.70. The van der Waals surface area contributed by atoms with Gasteiger partial charge in [-0.2, -0.15) is 0 Å². The van der Waals surface area contributed by atoms with Crippen molar-refractivity contribution in [2.75, 3.05) is 14.2 Å².